The van der Waals surface area contributed by atoms with E-state index in [1.165, 1.54) is 0 Å². The number of para-hydroxylation sites is 1. The highest BCUT2D eigenvalue weighted by molar-refractivity contribution is 5.48. The van der Waals surface area contributed by atoms with Crippen LogP contribution in [0.4, 0.5) is 0 Å². The molecule has 0 aromatic heterocycles. The van der Waals surface area contributed by atoms with Gasteiger partial charge < -0.3 is 19.7 Å². The lowest BCUT2D eigenvalue weighted by Gasteiger charge is -2.24. The van der Waals surface area contributed by atoms with Gasteiger partial charge in [-0.05, 0) is 37.3 Å². The highest BCUT2D eigenvalue weighted by atomic mass is 16.5. The molecule has 0 fully saturated rings. The first-order chi connectivity index (χ1) is 12.1. The van der Waals surface area contributed by atoms with E-state index in [-0.39, 0.29) is 0 Å². The number of hydrogen-bond acceptors (Lipinski definition) is 4. The third-order valence-corrected chi connectivity index (χ3v) is 3.79. The van der Waals surface area contributed by atoms with Crippen LogP contribution in [0.3, 0.4) is 0 Å². The largest absolute Gasteiger partial charge is 0.490 e. The maximum atomic E-state index is 10.6. The van der Waals surface area contributed by atoms with Crippen LogP contribution < -0.4 is 9.47 Å². The summed E-state index contributed by atoms with van der Waals surface area (Å²) in [5.74, 6) is -0.468. The lowest BCUT2D eigenvalue weighted by atomic mass is 9.97. The smallest absolute Gasteiger partial charge is 0.217 e. The molecule has 0 atom stereocenters. The molecule has 0 saturated heterocycles. The van der Waals surface area contributed by atoms with Crippen LogP contribution in [0.5, 0.6) is 17.2 Å². The average Bonchev–Trinajstić information content (AvgIpc) is 2.65. The van der Waals surface area contributed by atoms with Crippen molar-refractivity contribution in [3.8, 4) is 17.2 Å². The minimum absolute atomic E-state index is 0.308. The van der Waals surface area contributed by atoms with Crippen molar-refractivity contribution < 1.29 is 19.7 Å². The Balaban J connectivity index is 1.96. The third kappa shape index (κ3) is 3.82. The van der Waals surface area contributed by atoms with Gasteiger partial charge in [0, 0.05) is 11.1 Å². The molecule has 0 aliphatic rings. The van der Waals surface area contributed by atoms with Crippen LogP contribution in [-0.2, 0) is 5.79 Å². The Labute approximate surface area is 146 Å². The van der Waals surface area contributed by atoms with Gasteiger partial charge in [-0.15, -0.1) is 0 Å². The van der Waals surface area contributed by atoms with Crippen molar-refractivity contribution in [2.45, 2.75) is 12.7 Å². The molecule has 0 heterocycles. The van der Waals surface area contributed by atoms with Crippen molar-refractivity contribution >= 4 is 0 Å². The summed E-state index contributed by atoms with van der Waals surface area (Å²) in [6.45, 7) is 2.30. The van der Waals surface area contributed by atoms with Crippen LogP contribution in [0, 0.1) is 0 Å². The molecule has 0 spiro atoms. The molecule has 0 unspecified atom stereocenters. The van der Waals surface area contributed by atoms with E-state index in [0.717, 1.165) is 0 Å². The molecule has 128 valence electrons. The van der Waals surface area contributed by atoms with E-state index >= 15 is 0 Å². The van der Waals surface area contributed by atoms with Gasteiger partial charge in [0.05, 0.1) is 6.61 Å². The summed E-state index contributed by atoms with van der Waals surface area (Å²) in [6.07, 6.45) is 0. The Hall–Kier alpha value is -2.82. The Morgan fingerprint density at radius 2 is 1.40 bits per heavy atom. The van der Waals surface area contributed by atoms with Gasteiger partial charge in [-0.3, -0.25) is 0 Å². The molecule has 0 aliphatic heterocycles. The van der Waals surface area contributed by atoms with Gasteiger partial charge in [0.25, 0.3) is 0 Å². The predicted octanol–water partition coefficient (Wildman–Crippen LogP) is 4.06. The second-order valence-electron chi connectivity index (χ2n) is 5.55. The Kier molecular flexibility index (Phi) is 5.03. The van der Waals surface area contributed by atoms with E-state index in [2.05, 4.69) is 0 Å². The van der Waals surface area contributed by atoms with Gasteiger partial charge in [-0.1, -0.05) is 48.5 Å². The van der Waals surface area contributed by atoms with Crippen LogP contribution in [0.25, 0.3) is 0 Å². The number of hydrogen-bond donors (Lipinski definition) is 2. The van der Waals surface area contributed by atoms with Gasteiger partial charge in [0.2, 0.25) is 5.79 Å². The fourth-order valence-electron chi connectivity index (χ4n) is 2.53. The fraction of sp³-hybridized carbons (Fsp3) is 0.143. The van der Waals surface area contributed by atoms with Crippen molar-refractivity contribution in [1.29, 1.82) is 0 Å². The first-order valence-electron chi connectivity index (χ1n) is 8.11. The van der Waals surface area contributed by atoms with Crippen molar-refractivity contribution in [2.24, 2.45) is 0 Å². The average molecular weight is 336 g/mol. The van der Waals surface area contributed by atoms with Crippen LogP contribution in [-0.4, -0.2) is 16.8 Å². The first kappa shape index (κ1) is 17.0. The molecule has 3 rings (SSSR count). The SMILES string of the molecule is CCOc1cc(C(O)(O)c2ccccc2)ccc1Oc1ccccc1. The summed E-state index contributed by atoms with van der Waals surface area (Å²) < 4.78 is 11.5. The quantitative estimate of drug-likeness (QED) is 0.666. The molecule has 25 heavy (non-hydrogen) atoms. The van der Waals surface area contributed by atoms with Crippen molar-refractivity contribution in [1.82, 2.24) is 0 Å². The second-order valence-corrected chi connectivity index (χ2v) is 5.55. The van der Waals surface area contributed by atoms with Gasteiger partial charge in [0.1, 0.15) is 5.75 Å². The zero-order chi connectivity index (χ0) is 17.7. The van der Waals surface area contributed by atoms with E-state index in [9.17, 15) is 10.2 Å². The highest BCUT2D eigenvalue weighted by Crippen LogP contribution is 2.36. The van der Waals surface area contributed by atoms with E-state index in [1.807, 2.05) is 43.3 Å². The summed E-state index contributed by atoms with van der Waals surface area (Å²) in [4.78, 5) is 0. The molecule has 3 aromatic carbocycles. The van der Waals surface area contributed by atoms with E-state index in [0.29, 0.717) is 35.0 Å². The Bertz CT molecular complexity index is 814. The molecule has 4 heteroatoms. The van der Waals surface area contributed by atoms with Crippen molar-refractivity contribution in [3.05, 3.63) is 90.0 Å². The normalized spacial score (nSPS) is 11.2. The molecule has 0 amide bonds. The van der Waals surface area contributed by atoms with E-state index < -0.39 is 5.79 Å². The highest BCUT2D eigenvalue weighted by Gasteiger charge is 2.29. The summed E-state index contributed by atoms with van der Waals surface area (Å²) in [5.41, 5.74) is 0.691. The van der Waals surface area contributed by atoms with Crippen LogP contribution >= 0.6 is 0 Å². The van der Waals surface area contributed by atoms with E-state index in [4.69, 9.17) is 9.47 Å². The molecule has 0 aliphatic carbocycles. The summed E-state index contributed by atoms with van der Waals surface area (Å²) >= 11 is 0. The first-order valence-corrected chi connectivity index (χ1v) is 8.11. The topological polar surface area (TPSA) is 58.9 Å². The maximum Gasteiger partial charge on any atom is 0.217 e. The van der Waals surface area contributed by atoms with Crippen LogP contribution in [0.1, 0.15) is 18.1 Å². The number of benzene rings is 3. The molecular weight excluding hydrogens is 316 g/mol. The Morgan fingerprint density at radius 3 is 2.04 bits per heavy atom. The summed E-state index contributed by atoms with van der Waals surface area (Å²) in [7, 11) is 0. The summed E-state index contributed by atoms with van der Waals surface area (Å²) in [6, 6.07) is 22.9. The van der Waals surface area contributed by atoms with E-state index in [1.54, 1.807) is 42.5 Å². The second kappa shape index (κ2) is 7.38. The zero-order valence-electron chi connectivity index (χ0n) is 13.9. The number of ether oxygens (including phenoxy) is 2. The lowest BCUT2D eigenvalue weighted by molar-refractivity contribution is -0.132. The van der Waals surface area contributed by atoms with Crippen LogP contribution in [0.15, 0.2) is 78.9 Å². The molecular formula is C21H20O4. The molecule has 0 bridgehead atoms. The molecule has 4 nitrogen and oxygen atoms in total. The standard InChI is InChI=1S/C21H20O4/c1-2-24-20-15-17(21(22,23)16-9-5-3-6-10-16)13-14-19(20)25-18-11-7-4-8-12-18/h3-15,22-23H,2H2,1H3. The van der Waals surface area contributed by atoms with Gasteiger partial charge in [-0.25, -0.2) is 0 Å². The molecule has 0 saturated carbocycles. The number of aliphatic hydroxyl groups is 2. The molecule has 3 aromatic rings. The maximum absolute atomic E-state index is 10.6. The third-order valence-electron chi connectivity index (χ3n) is 3.79. The minimum Gasteiger partial charge on any atom is -0.490 e. The van der Waals surface area contributed by atoms with Gasteiger partial charge >= 0.3 is 0 Å². The van der Waals surface area contributed by atoms with Crippen molar-refractivity contribution in [3.63, 3.8) is 0 Å². The molecule has 0 radical (unpaired) electrons. The van der Waals surface area contributed by atoms with Gasteiger partial charge in [0.15, 0.2) is 11.5 Å². The molecule has 2 N–H and O–H groups in total. The predicted molar refractivity (Wildman–Crippen MR) is 95.8 cm³/mol. The van der Waals surface area contributed by atoms with Gasteiger partial charge in [-0.2, -0.15) is 0 Å². The monoisotopic (exact) mass is 336 g/mol. The zero-order valence-corrected chi connectivity index (χ0v) is 13.9. The minimum atomic E-state index is -2.11. The lowest BCUT2D eigenvalue weighted by Crippen LogP contribution is -2.26. The number of rotatable bonds is 6. The van der Waals surface area contributed by atoms with Crippen LogP contribution in [0.2, 0.25) is 0 Å². The fourth-order valence-corrected chi connectivity index (χ4v) is 2.53. The Morgan fingerprint density at radius 1 is 0.760 bits per heavy atom. The van der Waals surface area contributed by atoms with Crippen molar-refractivity contribution in [2.75, 3.05) is 6.61 Å². The summed E-state index contributed by atoms with van der Waals surface area (Å²) in [5, 5.41) is 21.2.